The summed E-state index contributed by atoms with van der Waals surface area (Å²) in [6.07, 6.45) is 4.03. The quantitative estimate of drug-likeness (QED) is 0.780. The number of hydrogen-bond acceptors (Lipinski definition) is 3. The van der Waals surface area contributed by atoms with Crippen molar-refractivity contribution in [1.29, 1.82) is 0 Å². The van der Waals surface area contributed by atoms with Crippen LogP contribution in [0.5, 0.6) is 0 Å². The van der Waals surface area contributed by atoms with Crippen LogP contribution >= 0.6 is 22.9 Å². The van der Waals surface area contributed by atoms with Gasteiger partial charge < -0.3 is 4.90 Å². The minimum atomic E-state index is 0.212. The molecule has 1 atom stereocenters. The van der Waals surface area contributed by atoms with Crippen LogP contribution < -0.4 is 0 Å². The average Bonchev–Trinajstić information content (AvgIpc) is 2.98. The molecule has 5 heteroatoms. The van der Waals surface area contributed by atoms with Gasteiger partial charge in [-0.2, -0.15) is 0 Å². The Bertz CT molecular complexity index is 407. The molecule has 0 aliphatic carbocycles. The van der Waals surface area contributed by atoms with Gasteiger partial charge in [-0.3, -0.25) is 4.79 Å². The number of carbonyl (C=O) groups excluding carboxylic acids is 1. The van der Waals surface area contributed by atoms with Gasteiger partial charge in [0, 0.05) is 18.5 Å². The molecular weight excluding hydrogens is 268 g/mol. The van der Waals surface area contributed by atoms with Gasteiger partial charge in [-0.1, -0.05) is 13.3 Å². The fourth-order valence-corrected chi connectivity index (χ4v) is 3.45. The zero-order valence-corrected chi connectivity index (χ0v) is 12.3. The monoisotopic (exact) mass is 286 g/mol. The first-order valence-corrected chi connectivity index (χ1v) is 7.91. The van der Waals surface area contributed by atoms with Gasteiger partial charge in [-0.05, 0) is 18.8 Å². The molecule has 1 aromatic heterocycles. The Labute approximate surface area is 117 Å². The van der Waals surface area contributed by atoms with E-state index < -0.39 is 0 Å². The lowest BCUT2D eigenvalue weighted by Crippen LogP contribution is -2.30. The highest BCUT2D eigenvalue weighted by Crippen LogP contribution is 2.22. The molecule has 1 aliphatic heterocycles. The van der Waals surface area contributed by atoms with Crippen LogP contribution in [0.4, 0.5) is 0 Å². The minimum absolute atomic E-state index is 0.212. The van der Waals surface area contributed by atoms with Gasteiger partial charge in [0.05, 0.1) is 18.0 Å². The number of rotatable bonds is 5. The maximum atomic E-state index is 12.1. The van der Waals surface area contributed by atoms with E-state index in [0.717, 1.165) is 30.2 Å². The highest BCUT2D eigenvalue weighted by atomic mass is 35.5. The SMILES string of the molecule is CCCC1CCN(C(=O)Cc2nc(CCl)cs2)C1. The molecule has 0 radical (unpaired) electrons. The van der Waals surface area contributed by atoms with Crippen LogP contribution in [0.3, 0.4) is 0 Å². The van der Waals surface area contributed by atoms with Gasteiger partial charge in [-0.25, -0.2) is 4.98 Å². The summed E-state index contributed by atoms with van der Waals surface area (Å²) < 4.78 is 0. The topological polar surface area (TPSA) is 33.2 Å². The van der Waals surface area contributed by atoms with Crippen LogP contribution in [0.15, 0.2) is 5.38 Å². The lowest BCUT2D eigenvalue weighted by atomic mass is 10.0. The van der Waals surface area contributed by atoms with Crippen molar-refractivity contribution >= 4 is 28.8 Å². The summed E-state index contributed by atoms with van der Waals surface area (Å²) in [5.74, 6) is 1.34. The number of aromatic nitrogens is 1. The molecular formula is C13H19ClN2OS. The molecule has 1 unspecified atom stereocenters. The summed E-state index contributed by atoms with van der Waals surface area (Å²) in [5, 5.41) is 2.81. The second-order valence-electron chi connectivity index (χ2n) is 4.83. The van der Waals surface area contributed by atoms with E-state index in [9.17, 15) is 4.79 Å². The van der Waals surface area contributed by atoms with Crippen molar-refractivity contribution < 1.29 is 4.79 Å². The third-order valence-corrected chi connectivity index (χ3v) is 4.55. The Morgan fingerprint density at radius 2 is 2.50 bits per heavy atom. The van der Waals surface area contributed by atoms with Crippen LogP contribution in [0.1, 0.15) is 36.9 Å². The molecule has 0 N–H and O–H groups in total. The zero-order chi connectivity index (χ0) is 13.0. The van der Waals surface area contributed by atoms with Gasteiger partial charge in [0.1, 0.15) is 5.01 Å². The smallest absolute Gasteiger partial charge is 0.229 e. The number of carbonyl (C=O) groups is 1. The van der Waals surface area contributed by atoms with Gasteiger partial charge in [0.15, 0.2) is 0 Å². The van der Waals surface area contributed by atoms with Crippen molar-refractivity contribution in [3.05, 3.63) is 16.1 Å². The van der Waals surface area contributed by atoms with Gasteiger partial charge >= 0.3 is 0 Å². The van der Waals surface area contributed by atoms with Gasteiger partial charge in [0.25, 0.3) is 0 Å². The second kappa shape index (κ2) is 6.53. The van der Waals surface area contributed by atoms with Crippen LogP contribution in [0.25, 0.3) is 0 Å². The number of thiazole rings is 1. The Kier molecular flexibility index (Phi) is 5.01. The summed E-state index contributed by atoms with van der Waals surface area (Å²) >= 11 is 7.24. The number of amides is 1. The molecule has 2 rings (SSSR count). The third kappa shape index (κ3) is 3.45. The van der Waals surface area contributed by atoms with Crippen molar-refractivity contribution in [3.8, 4) is 0 Å². The number of nitrogens with zero attached hydrogens (tertiary/aromatic N) is 2. The van der Waals surface area contributed by atoms with Crippen LogP contribution in [0, 0.1) is 5.92 Å². The van der Waals surface area contributed by atoms with E-state index in [1.165, 1.54) is 24.2 Å². The van der Waals surface area contributed by atoms with E-state index in [0.29, 0.717) is 18.2 Å². The summed E-state index contributed by atoms with van der Waals surface area (Å²) in [5.41, 5.74) is 0.870. The summed E-state index contributed by atoms with van der Waals surface area (Å²) in [7, 11) is 0. The lowest BCUT2D eigenvalue weighted by Gasteiger charge is -2.15. The van der Waals surface area contributed by atoms with E-state index in [4.69, 9.17) is 11.6 Å². The van der Waals surface area contributed by atoms with Crippen LogP contribution in [-0.4, -0.2) is 28.9 Å². The summed E-state index contributed by atoms with van der Waals surface area (Å²) in [6, 6.07) is 0. The van der Waals surface area contributed by atoms with E-state index in [-0.39, 0.29) is 5.91 Å². The fraction of sp³-hybridized carbons (Fsp3) is 0.692. The van der Waals surface area contributed by atoms with Gasteiger partial charge in [-0.15, -0.1) is 22.9 Å². The Hall–Kier alpha value is -0.610. The van der Waals surface area contributed by atoms with Crippen LogP contribution in [-0.2, 0) is 17.1 Å². The first kappa shape index (κ1) is 13.8. The predicted octanol–water partition coefficient (Wildman–Crippen LogP) is 3.07. The van der Waals surface area contributed by atoms with E-state index >= 15 is 0 Å². The molecule has 1 aromatic rings. The number of likely N-dealkylation sites (tertiary alicyclic amines) is 1. The zero-order valence-electron chi connectivity index (χ0n) is 10.7. The van der Waals surface area contributed by atoms with Crippen molar-refractivity contribution in [2.45, 2.75) is 38.5 Å². The van der Waals surface area contributed by atoms with Crippen molar-refractivity contribution in [3.63, 3.8) is 0 Å². The largest absolute Gasteiger partial charge is 0.342 e. The van der Waals surface area contributed by atoms with Gasteiger partial charge in [0.2, 0.25) is 5.91 Å². The van der Waals surface area contributed by atoms with Crippen molar-refractivity contribution in [2.24, 2.45) is 5.92 Å². The minimum Gasteiger partial charge on any atom is -0.342 e. The number of halogens is 1. The molecule has 18 heavy (non-hydrogen) atoms. The normalized spacial score (nSPS) is 19.4. The van der Waals surface area contributed by atoms with Crippen molar-refractivity contribution in [1.82, 2.24) is 9.88 Å². The third-order valence-electron chi connectivity index (χ3n) is 3.37. The first-order valence-electron chi connectivity index (χ1n) is 6.50. The Morgan fingerprint density at radius 3 is 3.17 bits per heavy atom. The molecule has 0 saturated carbocycles. The molecule has 1 fully saturated rings. The van der Waals surface area contributed by atoms with Crippen LogP contribution in [0.2, 0.25) is 0 Å². The second-order valence-corrected chi connectivity index (χ2v) is 6.04. The maximum Gasteiger partial charge on any atom is 0.229 e. The average molecular weight is 287 g/mol. The van der Waals surface area contributed by atoms with E-state index in [2.05, 4.69) is 11.9 Å². The molecule has 100 valence electrons. The number of hydrogen-bond donors (Lipinski definition) is 0. The molecule has 1 aliphatic rings. The molecule has 0 bridgehead atoms. The lowest BCUT2D eigenvalue weighted by molar-refractivity contribution is -0.129. The highest BCUT2D eigenvalue weighted by molar-refractivity contribution is 7.09. The maximum absolute atomic E-state index is 12.1. The summed E-state index contributed by atoms with van der Waals surface area (Å²) in [4.78, 5) is 18.4. The fourth-order valence-electron chi connectivity index (χ4n) is 2.44. The molecule has 1 amide bonds. The Morgan fingerprint density at radius 1 is 1.67 bits per heavy atom. The van der Waals surface area contributed by atoms with Crippen molar-refractivity contribution in [2.75, 3.05) is 13.1 Å². The van der Waals surface area contributed by atoms with E-state index in [1.807, 2.05) is 10.3 Å². The standard InChI is InChI=1S/C13H19ClN2OS/c1-2-3-10-4-5-16(8-10)13(17)6-12-15-11(7-14)9-18-12/h9-10H,2-8H2,1H3. The Balaban J connectivity index is 1.85. The number of alkyl halides is 1. The summed E-state index contributed by atoms with van der Waals surface area (Å²) in [6.45, 7) is 4.05. The molecule has 3 nitrogen and oxygen atoms in total. The van der Waals surface area contributed by atoms with E-state index in [1.54, 1.807) is 0 Å². The first-order chi connectivity index (χ1) is 8.72. The predicted molar refractivity (Wildman–Crippen MR) is 75.0 cm³/mol. The molecule has 0 spiro atoms. The molecule has 1 saturated heterocycles. The highest BCUT2D eigenvalue weighted by Gasteiger charge is 2.25. The molecule has 0 aromatic carbocycles. The molecule has 2 heterocycles.